The molecule has 1 heterocycles. The van der Waals surface area contributed by atoms with Crippen molar-refractivity contribution in [3.63, 3.8) is 0 Å². The first-order chi connectivity index (χ1) is 9.16. The number of morpholine rings is 1. The van der Waals surface area contributed by atoms with Gasteiger partial charge >= 0.3 is 0 Å². The van der Waals surface area contributed by atoms with Gasteiger partial charge < -0.3 is 20.5 Å². The molecular weight excluding hydrogens is 268 g/mol. The van der Waals surface area contributed by atoms with E-state index in [9.17, 15) is 4.79 Å². The van der Waals surface area contributed by atoms with Crippen molar-refractivity contribution >= 4 is 17.5 Å². The van der Waals surface area contributed by atoms with Crippen LogP contribution in [-0.4, -0.2) is 38.3 Å². The Morgan fingerprint density at radius 2 is 2.42 bits per heavy atom. The predicted octanol–water partition coefficient (Wildman–Crippen LogP) is 0.944. The molecule has 1 atom stereocenters. The summed E-state index contributed by atoms with van der Waals surface area (Å²) in [5.41, 5.74) is 6.40. The largest absolute Gasteiger partial charge is 0.374 e. The monoisotopic (exact) mass is 284 g/mol. The summed E-state index contributed by atoms with van der Waals surface area (Å²) in [6, 6.07) is 4.95. The molecule has 5 nitrogen and oxygen atoms in total. The van der Waals surface area contributed by atoms with E-state index >= 15 is 0 Å². The molecule has 1 saturated heterocycles. The van der Waals surface area contributed by atoms with Crippen LogP contribution in [0.15, 0.2) is 18.2 Å². The van der Waals surface area contributed by atoms with Gasteiger partial charge in [0.25, 0.3) is 0 Å². The smallest absolute Gasteiger partial charge is 0.248 e. The lowest BCUT2D eigenvalue weighted by Gasteiger charge is -2.23. The van der Waals surface area contributed by atoms with Gasteiger partial charge in [0, 0.05) is 23.7 Å². The lowest BCUT2D eigenvalue weighted by atomic mass is 10.1. The van der Waals surface area contributed by atoms with Gasteiger partial charge in [-0.2, -0.15) is 0 Å². The van der Waals surface area contributed by atoms with Crippen molar-refractivity contribution in [1.29, 1.82) is 0 Å². The summed E-state index contributed by atoms with van der Waals surface area (Å²) >= 11 is 6.06. The molecule has 1 aromatic carbocycles. The second-order valence-corrected chi connectivity index (χ2v) is 4.79. The molecule has 3 N–H and O–H groups in total. The Hall–Kier alpha value is -1.14. The summed E-state index contributed by atoms with van der Waals surface area (Å²) in [5, 5.41) is 3.72. The number of nitrogens with two attached hydrogens (primary N) is 1. The van der Waals surface area contributed by atoms with E-state index in [1.54, 1.807) is 18.2 Å². The molecule has 104 valence electrons. The average molecular weight is 285 g/mol. The van der Waals surface area contributed by atoms with Gasteiger partial charge in [-0.1, -0.05) is 17.7 Å². The number of nitrogens with one attached hydrogen (secondary N) is 1. The van der Waals surface area contributed by atoms with E-state index in [2.05, 4.69) is 5.32 Å². The van der Waals surface area contributed by atoms with Gasteiger partial charge in [-0.25, -0.2) is 0 Å². The highest BCUT2D eigenvalue weighted by atomic mass is 35.5. The molecule has 0 radical (unpaired) electrons. The number of halogens is 1. The number of carbonyl (C=O) groups excluding carboxylic acids is 1. The van der Waals surface area contributed by atoms with E-state index in [0.717, 1.165) is 18.7 Å². The van der Waals surface area contributed by atoms with E-state index in [0.29, 0.717) is 30.4 Å². The summed E-state index contributed by atoms with van der Waals surface area (Å²) in [4.78, 5) is 11.0. The minimum atomic E-state index is -0.490. The first kappa shape index (κ1) is 14.3. The van der Waals surface area contributed by atoms with Crippen LogP contribution in [-0.2, 0) is 16.1 Å². The van der Waals surface area contributed by atoms with Crippen molar-refractivity contribution in [2.45, 2.75) is 12.7 Å². The topological polar surface area (TPSA) is 73.6 Å². The predicted molar refractivity (Wildman–Crippen MR) is 72.2 cm³/mol. The normalized spacial score (nSPS) is 19.3. The van der Waals surface area contributed by atoms with Gasteiger partial charge in [-0.3, -0.25) is 4.79 Å². The van der Waals surface area contributed by atoms with Crippen molar-refractivity contribution in [3.8, 4) is 0 Å². The molecule has 1 unspecified atom stereocenters. The summed E-state index contributed by atoms with van der Waals surface area (Å²) in [6.07, 6.45) is 0.0809. The van der Waals surface area contributed by atoms with Gasteiger partial charge in [0.1, 0.15) is 0 Å². The van der Waals surface area contributed by atoms with Crippen molar-refractivity contribution < 1.29 is 14.3 Å². The van der Waals surface area contributed by atoms with Crippen molar-refractivity contribution in [2.24, 2.45) is 5.73 Å². The van der Waals surface area contributed by atoms with Crippen LogP contribution in [0.5, 0.6) is 0 Å². The summed E-state index contributed by atoms with van der Waals surface area (Å²) in [5.74, 6) is -0.490. The van der Waals surface area contributed by atoms with E-state index in [4.69, 9.17) is 26.8 Å². The van der Waals surface area contributed by atoms with Crippen LogP contribution in [0.3, 0.4) is 0 Å². The van der Waals surface area contributed by atoms with E-state index < -0.39 is 5.91 Å². The van der Waals surface area contributed by atoms with Gasteiger partial charge in [0.05, 0.1) is 25.9 Å². The molecule has 0 saturated carbocycles. The van der Waals surface area contributed by atoms with Gasteiger partial charge in [0.15, 0.2) is 0 Å². The summed E-state index contributed by atoms with van der Waals surface area (Å²) in [7, 11) is 0. The zero-order valence-corrected chi connectivity index (χ0v) is 11.3. The molecule has 1 aliphatic rings. The van der Waals surface area contributed by atoms with Crippen LogP contribution in [0.4, 0.5) is 0 Å². The molecule has 2 rings (SSSR count). The van der Waals surface area contributed by atoms with Crippen molar-refractivity contribution in [1.82, 2.24) is 5.32 Å². The van der Waals surface area contributed by atoms with Crippen LogP contribution in [0.1, 0.15) is 15.9 Å². The van der Waals surface area contributed by atoms with E-state index in [1.165, 1.54) is 0 Å². The molecule has 0 aromatic heterocycles. The molecule has 0 bridgehead atoms. The molecule has 0 aliphatic carbocycles. The van der Waals surface area contributed by atoms with E-state index in [-0.39, 0.29) is 6.10 Å². The van der Waals surface area contributed by atoms with Crippen molar-refractivity contribution in [3.05, 3.63) is 34.3 Å². The minimum absolute atomic E-state index is 0.0809. The fourth-order valence-corrected chi connectivity index (χ4v) is 2.08. The Morgan fingerprint density at radius 1 is 1.58 bits per heavy atom. The Labute approximate surface area is 117 Å². The summed E-state index contributed by atoms with van der Waals surface area (Å²) in [6.45, 7) is 3.30. The van der Waals surface area contributed by atoms with Gasteiger partial charge in [0.2, 0.25) is 5.91 Å². The lowest BCUT2D eigenvalue weighted by Crippen LogP contribution is -2.40. The zero-order valence-electron chi connectivity index (χ0n) is 10.5. The number of ether oxygens (including phenoxy) is 2. The molecule has 0 spiro atoms. The Balaban J connectivity index is 1.83. The molecule has 19 heavy (non-hydrogen) atoms. The van der Waals surface area contributed by atoms with Crippen LogP contribution in [0, 0.1) is 0 Å². The Bertz CT molecular complexity index is 448. The van der Waals surface area contributed by atoms with Crippen molar-refractivity contribution in [2.75, 3.05) is 26.3 Å². The fourth-order valence-electron chi connectivity index (χ4n) is 1.84. The molecule has 6 heteroatoms. The number of hydrogen-bond donors (Lipinski definition) is 2. The Morgan fingerprint density at radius 3 is 3.05 bits per heavy atom. The highest BCUT2D eigenvalue weighted by Gasteiger charge is 2.13. The maximum Gasteiger partial charge on any atom is 0.248 e. The quantitative estimate of drug-likeness (QED) is 0.844. The molecule has 1 fully saturated rings. The first-order valence-corrected chi connectivity index (χ1v) is 6.53. The number of benzene rings is 1. The second kappa shape index (κ2) is 6.86. The average Bonchev–Trinajstić information content (AvgIpc) is 2.41. The van der Waals surface area contributed by atoms with Crippen LogP contribution >= 0.6 is 11.6 Å². The Kier molecular flexibility index (Phi) is 5.15. The number of carbonyl (C=O) groups is 1. The van der Waals surface area contributed by atoms with Crippen LogP contribution < -0.4 is 11.1 Å². The first-order valence-electron chi connectivity index (χ1n) is 6.15. The van der Waals surface area contributed by atoms with Crippen LogP contribution in [0.2, 0.25) is 5.02 Å². The maximum atomic E-state index is 11.0. The number of hydrogen-bond acceptors (Lipinski definition) is 4. The second-order valence-electron chi connectivity index (χ2n) is 4.38. The third-order valence-electron chi connectivity index (χ3n) is 2.90. The lowest BCUT2D eigenvalue weighted by molar-refractivity contribution is -0.0357. The highest BCUT2D eigenvalue weighted by Crippen LogP contribution is 2.18. The fraction of sp³-hybridized carbons (Fsp3) is 0.462. The number of amides is 1. The number of rotatable bonds is 5. The van der Waals surface area contributed by atoms with Gasteiger partial charge in [-0.15, -0.1) is 0 Å². The number of primary amides is 1. The molecule has 1 aromatic rings. The highest BCUT2D eigenvalue weighted by molar-refractivity contribution is 6.31. The summed E-state index contributed by atoms with van der Waals surface area (Å²) < 4.78 is 11.1. The SMILES string of the molecule is NC(=O)c1ccc(COCC2CNCCO2)c(Cl)c1. The molecule has 1 aliphatic heterocycles. The minimum Gasteiger partial charge on any atom is -0.374 e. The maximum absolute atomic E-state index is 11.0. The molecule has 1 amide bonds. The zero-order chi connectivity index (χ0) is 13.7. The standard InChI is InChI=1S/C13H17ClN2O3/c14-12-5-9(13(15)17)1-2-10(12)7-18-8-11-6-16-3-4-19-11/h1-2,5,11,16H,3-4,6-8H2,(H2,15,17). The van der Waals surface area contributed by atoms with Gasteiger partial charge in [-0.05, 0) is 17.7 Å². The van der Waals surface area contributed by atoms with E-state index in [1.807, 2.05) is 0 Å². The third-order valence-corrected chi connectivity index (χ3v) is 3.26. The van der Waals surface area contributed by atoms with Crippen LogP contribution in [0.25, 0.3) is 0 Å². The molecular formula is C13H17ClN2O3. The third kappa shape index (κ3) is 4.18.